The third-order valence-electron chi connectivity index (χ3n) is 5.08. The van der Waals surface area contributed by atoms with Crippen LogP contribution in [-0.2, 0) is 15.4 Å². The molecule has 0 bridgehead atoms. The van der Waals surface area contributed by atoms with Crippen LogP contribution in [0, 0.1) is 0 Å². The molecular formula is C20H31ClN2O2S. The predicted molar refractivity (Wildman–Crippen MR) is 110 cm³/mol. The molecule has 1 aromatic rings. The van der Waals surface area contributed by atoms with Gasteiger partial charge in [0.25, 0.3) is 0 Å². The van der Waals surface area contributed by atoms with E-state index in [1.165, 1.54) is 17.4 Å². The molecule has 0 N–H and O–H groups in total. The molecule has 2 rings (SSSR count). The summed E-state index contributed by atoms with van der Waals surface area (Å²) < 4.78 is 25.1. The smallest absolute Gasteiger partial charge is 0.211 e. The van der Waals surface area contributed by atoms with Crippen molar-refractivity contribution < 1.29 is 8.42 Å². The van der Waals surface area contributed by atoms with Gasteiger partial charge in [-0.1, -0.05) is 49.2 Å². The number of halogens is 1. The fourth-order valence-corrected chi connectivity index (χ4v) is 4.54. The van der Waals surface area contributed by atoms with Crippen LogP contribution in [-0.4, -0.2) is 56.1 Å². The molecule has 146 valence electrons. The van der Waals surface area contributed by atoms with Gasteiger partial charge in [-0.25, -0.2) is 8.42 Å². The van der Waals surface area contributed by atoms with Gasteiger partial charge in [-0.3, -0.25) is 4.90 Å². The van der Waals surface area contributed by atoms with Crippen LogP contribution >= 0.6 is 11.6 Å². The lowest BCUT2D eigenvalue weighted by Crippen LogP contribution is -2.52. The predicted octanol–water partition coefficient (Wildman–Crippen LogP) is 3.92. The molecule has 0 saturated carbocycles. The van der Waals surface area contributed by atoms with Crippen LogP contribution in [0.5, 0.6) is 0 Å². The Morgan fingerprint density at radius 2 is 1.69 bits per heavy atom. The summed E-state index contributed by atoms with van der Waals surface area (Å²) in [4.78, 5) is 2.41. The van der Waals surface area contributed by atoms with Crippen LogP contribution in [0.4, 0.5) is 0 Å². The summed E-state index contributed by atoms with van der Waals surface area (Å²) in [6.45, 7) is 11.4. The van der Waals surface area contributed by atoms with E-state index in [-0.39, 0.29) is 11.5 Å². The Morgan fingerprint density at radius 3 is 2.15 bits per heavy atom. The van der Waals surface area contributed by atoms with Gasteiger partial charge in [-0.05, 0) is 43.4 Å². The topological polar surface area (TPSA) is 40.6 Å². The minimum Gasteiger partial charge on any atom is -0.294 e. The van der Waals surface area contributed by atoms with Crippen LogP contribution in [0.15, 0.2) is 35.9 Å². The molecule has 1 saturated heterocycles. The summed E-state index contributed by atoms with van der Waals surface area (Å²) in [5.41, 5.74) is 2.55. The number of hydrogen-bond donors (Lipinski definition) is 0. The quantitative estimate of drug-likeness (QED) is 0.682. The zero-order valence-electron chi connectivity index (χ0n) is 16.5. The Kier molecular flexibility index (Phi) is 6.94. The van der Waals surface area contributed by atoms with Gasteiger partial charge in [-0.2, -0.15) is 4.31 Å². The lowest BCUT2D eigenvalue weighted by atomic mass is 9.78. The van der Waals surface area contributed by atoms with Crippen molar-refractivity contribution in [2.45, 2.75) is 45.6 Å². The third-order valence-corrected chi connectivity index (χ3v) is 6.64. The summed E-state index contributed by atoms with van der Waals surface area (Å²) in [6.07, 6.45) is 4.58. The zero-order valence-corrected chi connectivity index (χ0v) is 18.1. The minimum atomic E-state index is -3.10. The SMILES string of the molecule is CC(C)=CC(CC(C)(C)c1ccc(Cl)cc1)N1CCN(S(C)(=O)=O)CC1. The number of hydrogen-bond acceptors (Lipinski definition) is 3. The van der Waals surface area contributed by atoms with Crippen molar-refractivity contribution in [2.24, 2.45) is 0 Å². The molecule has 0 spiro atoms. The number of benzene rings is 1. The van der Waals surface area contributed by atoms with Crippen LogP contribution in [0.2, 0.25) is 5.02 Å². The Balaban J connectivity index is 2.15. The lowest BCUT2D eigenvalue weighted by Gasteiger charge is -2.40. The van der Waals surface area contributed by atoms with E-state index >= 15 is 0 Å². The molecular weight excluding hydrogens is 368 g/mol. The maximum Gasteiger partial charge on any atom is 0.211 e. The van der Waals surface area contributed by atoms with E-state index < -0.39 is 10.0 Å². The second-order valence-corrected chi connectivity index (χ2v) is 10.5. The number of rotatable bonds is 6. The molecule has 0 aromatic heterocycles. The van der Waals surface area contributed by atoms with E-state index in [0.29, 0.717) is 13.1 Å². The van der Waals surface area contributed by atoms with E-state index in [2.05, 4.69) is 50.8 Å². The van der Waals surface area contributed by atoms with E-state index in [1.807, 2.05) is 12.1 Å². The Labute approximate surface area is 163 Å². The molecule has 26 heavy (non-hydrogen) atoms. The van der Waals surface area contributed by atoms with Crippen LogP contribution in [0.25, 0.3) is 0 Å². The average molecular weight is 399 g/mol. The molecule has 1 fully saturated rings. The summed E-state index contributed by atoms with van der Waals surface area (Å²) in [7, 11) is -3.10. The third kappa shape index (κ3) is 5.81. The van der Waals surface area contributed by atoms with Crippen LogP contribution < -0.4 is 0 Å². The highest BCUT2D eigenvalue weighted by molar-refractivity contribution is 7.88. The minimum absolute atomic E-state index is 0.00479. The number of piperazine rings is 1. The fourth-order valence-electron chi connectivity index (χ4n) is 3.59. The Hall–Kier alpha value is -0.880. The van der Waals surface area contributed by atoms with Crippen molar-refractivity contribution in [1.29, 1.82) is 0 Å². The molecule has 1 aliphatic heterocycles. The van der Waals surface area contributed by atoms with Crippen molar-refractivity contribution in [3.63, 3.8) is 0 Å². The molecule has 0 aliphatic carbocycles. The first kappa shape index (κ1) is 21.4. The van der Waals surface area contributed by atoms with Gasteiger partial charge >= 0.3 is 0 Å². The number of sulfonamides is 1. The molecule has 1 aliphatic rings. The second kappa shape index (κ2) is 8.42. The normalized spacial score (nSPS) is 18.5. The average Bonchev–Trinajstić information content (AvgIpc) is 2.53. The Bertz CT molecular complexity index is 730. The number of allylic oxidation sites excluding steroid dienone is 1. The van der Waals surface area contributed by atoms with Crippen LogP contribution in [0.3, 0.4) is 0 Å². The van der Waals surface area contributed by atoms with Gasteiger partial charge in [0, 0.05) is 37.2 Å². The molecule has 6 heteroatoms. The lowest BCUT2D eigenvalue weighted by molar-refractivity contribution is 0.141. The van der Waals surface area contributed by atoms with Crippen molar-refractivity contribution in [3.8, 4) is 0 Å². The molecule has 1 heterocycles. The molecule has 1 atom stereocenters. The molecule has 1 aromatic carbocycles. The van der Waals surface area contributed by atoms with E-state index in [1.54, 1.807) is 4.31 Å². The van der Waals surface area contributed by atoms with E-state index in [0.717, 1.165) is 24.5 Å². The highest BCUT2D eigenvalue weighted by Gasteiger charge is 2.31. The summed E-state index contributed by atoms with van der Waals surface area (Å²) in [6, 6.07) is 8.37. The van der Waals surface area contributed by atoms with Crippen molar-refractivity contribution in [3.05, 3.63) is 46.5 Å². The van der Waals surface area contributed by atoms with Gasteiger partial charge < -0.3 is 0 Å². The standard InChI is InChI=1S/C20H31ClN2O2S/c1-16(2)14-19(22-10-12-23(13-11-22)26(5,24)25)15-20(3,4)17-6-8-18(21)9-7-17/h6-9,14,19H,10-13,15H2,1-5H3. The van der Waals surface area contributed by atoms with Crippen LogP contribution in [0.1, 0.15) is 39.7 Å². The summed E-state index contributed by atoms with van der Waals surface area (Å²) in [5, 5.41) is 0.752. The van der Waals surface area contributed by atoms with Gasteiger partial charge in [0.15, 0.2) is 0 Å². The van der Waals surface area contributed by atoms with Crippen molar-refractivity contribution in [1.82, 2.24) is 9.21 Å². The summed E-state index contributed by atoms with van der Waals surface area (Å²) in [5.74, 6) is 0. The van der Waals surface area contributed by atoms with E-state index in [9.17, 15) is 8.42 Å². The monoisotopic (exact) mass is 398 g/mol. The first-order chi connectivity index (χ1) is 12.0. The fraction of sp³-hybridized carbons (Fsp3) is 0.600. The van der Waals surface area contributed by atoms with Gasteiger partial charge in [0.1, 0.15) is 0 Å². The molecule has 0 amide bonds. The largest absolute Gasteiger partial charge is 0.294 e. The first-order valence-corrected chi connectivity index (χ1v) is 11.3. The van der Waals surface area contributed by atoms with Gasteiger partial charge in [-0.15, -0.1) is 0 Å². The van der Waals surface area contributed by atoms with E-state index in [4.69, 9.17) is 11.6 Å². The second-order valence-electron chi connectivity index (χ2n) is 8.10. The number of nitrogens with zero attached hydrogens (tertiary/aromatic N) is 2. The molecule has 0 radical (unpaired) electrons. The van der Waals surface area contributed by atoms with Crippen molar-refractivity contribution in [2.75, 3.05) is 32.4 Å². The maximum absolute atomic E-state index is 11.8. The maximum atomic E-state index is 11.8. The van der Waals surface area contributed by atoms with Crippen molar-refractivity contribution >= 4 is 21.6 Å². The van der Waals surface area contributed by atoms with Gasteiger partial charge in [0.05, 0.1) is 6.26 Å². The molecule has 1 unspecified atom stereocenters. The zero-order chi connectivity index (χ0) is 19.5. The molecule has 4 nitrogen and oxygen atoms in total. The Morgan fingerprint density at radius 1 is 1.15 bits per heavy atom. The first-order valence-electron chi connectivity index (χ1n) is 9.09. The highest BCUT2D eigenvalue weighted by atomic mass is 35.5. The summed E-state index contributed by atoms with van der Waals surface area (Å²) >= 11 is 6.04. The van der Waals surface area contributed by atoms with Gasteiger partial charge in [0.2, 0.25) is 10.0 Å². The highest BCUT2D eigenvalue weighted by Crippen LogP contribution is 2.32.